The lowest BCUT2D eigenvalue weighted by Gasteiger charge is -2.20. The first-order chi connectivity index (χ1) is 9.90. The Hall–Kier alpha value is -0.810. The SMILES string of the molecule is CCNC(=NCCCOC[C@H]1CCCO1)N1CCCC1. The van der Waals surface area contributed by atoms with Gasteiger partial charge in [0, 0.05) is 39.4 Å². The Bertz CT molecular complexity index is 285. The smallest absolute Gasteiger partial charge is 0.193 e. The Kier molecular flexibility index (Phi) is 7.15. The summed E-state index contributed by atoms with van der Waals surface area (Å²) in [6.07, 6.45) is 6.22. The van der Waals surface area contributed by atoms with Crippen LogP contribution in [0.25, 0.3) is 0 Å². The fraction of sp³-hybridized carbons (Fsp3) is 0.933. The van der Waals surface area contributed by atoms with Crippen molar-refractivity contribution in [3.8, 4) is 0 Å². The number of aliphatic imine (C=N–C) groups is 1. The van der Waals surface area contributed by atoms with Crippen LogP contribution in [0.15, 0.2) is 4.99 Å². The molecule has 2 fully saturated rings. The number of ether oxygens (including phenoxy) is 2. The molecule has 2 aliphatic heterocycles. The maximum atomic E-state index is 5.66. The molecule has 1 atom stereocenters. The summed E-state index contributed by atoms with van der Waals surface area (Å²) in [5, 5.41) is 3.38. The fourth-order valence-electron chi connectivity index (χ4n) is 2.70. The molecule has 0 aromatic carbocycles. The van der Waals surface area contributed by atoms with E-state index < -0.39 is 0 Å². The maximum absolute atomic E-state index is 5.66. The largest absolute Gasteiger partial charge is 0.379 e. The molecule has 0 aromatic rings. The van der Waals surface area contributed by atoms with Crippen LogP contribution in [-0.4, -0.2) is 63.0 Å². The first-order valence-corrected chi connectivity index (χ1v) is 8.12. The van der Waals surface area contributed by atoms with E-state index in [1.165, 1.54) is 19.3 Å². The number of rotatable bonds is 7. The Balaban J connectivity index is 1.57. The molecule has 2 saturated heterocycles. The molecule has 0 amide bonds. The lowest BCUT2D eigenvalue weighted by Crippen LogP contribution is -2.39. The van der Waals surface area contributed by atoms with E-state index in [1.54, 1.807) is 0 Å². The molecule has 0 bridgehead atoms. The van der Waals surface area contributed by atoms with E-state index in [9.17, 15) is 0 Å². The summed E-state index contributed by atoms with van der Waals surface area (Å²) in [7, 11) is 0. The molecule has 0 aromatic heterocycles. The van der Waals surface area contributed by atoms with Crippen molar-refractivity contribution in [1.82, 2.24) is 10.2 Å². The molecule has 116 valence electrons. The zero-order valence-corrected chi connectivity index (χ0v) is 12.8. The summed E-state index contributed by atoms with van der Waals surface area (Å²) in [6, 6.07) is 0. The Morgan fingerprint density at radius 3 is 2.90 bits per heavy atom. The Morgan fingerprint density at radius 1 is 1.35 bits per heavy atom. The molecular weight excluding hydrogens is 254 g/mol. The highest BCUT2D eigenvalue weighted by molar-refractivity contribution is 5.80. The minimum Gasteiger partial charge on any atom is -0.379 e. The molecule has 0 radical (unpaired) electrons. The molecule has 2 aliphatic rings. The van der Waals surface area contributed by atoms with Gasteiger partial charge in [-0.05, 0) is 39.0 Å². The number of likely N-dealkylation sites (tertiary alicyclic amines) is 1. The van der Waals surface area contributed by atoms with E-state index in [2.05, 4.69) is 22.1 Å². The highest BCUT2D eigenvalue weighted by Gasteiger charge is 2.16. The van der Waals surface area contributed by atoms with Gasteiger partial charge in [-0.3, -0.25) is 4.99 Å². The van der Waals surface area contributed by atoms with Crippen molar-refractivity contribution in [3.63, 3.8) is 0 Å². The molecule has 2 rings (SSSR count). The minimum atomic E-state index is 0.334. The molecule has 0 aliphatic carbocycles. The summed E-state index contributed by atoms with van der Waals surface area (Å²) < 4.78 is 11.2. The highest BCUT2D eigenvalue weighted by Crippen LogP contribution is 2.12. The Labute approximate surface area is 122 Å². The molecule has 1 N–H and O–H groups in total. The van der Waals surface area contributed by atoms with Crippen molar-refractivity contribution in [2.45, 2.75) is 45.1 Å². The third-order valence-electron chi connectivity index (χ3n) is 3.78. The third-order valence-corrected chi connectivity index (χ3v) is 3.78. The number of nitrogens with one attached hydrogen (secondary N) is 1. The molecule has 5 nitrogen and oxygen atoms in total. The van der Waals surface area contributed by atoms with Crippen molar-refractivity contribution in [2.24, 2.45) is 4.99 Å². The molecule has 0 saturated carbocycles. The van der Waals surface area contributed by atoms with Crippen molar-refractivity contribution in [1.29, 1.82) is 0 Å². The first-order valence-electron chi connectivity index (χ1n) is 8.12. The standard InChI is InChI=1S/C15H29N3O2/c1-2-16-15(18-9-3-4-10-18)17-8-6-11-19-13-14-7-5-12-20-14/h14H,2-13H2,1H3,(H,16,17)/t14-/m1/s1. The van der Waals surface area contributed by atoms with E-state index in [-0.39, 0.29) is 0 Å². The number of hydrogen-bond acceptors (Lipinski definition) is 3. The molecule has 0 unspecified atom stereocenters. The molecule has 5 heteroatoms. The van der Waals surface area contributed by atoms with E-state index in [0.29, 0.717) is 6.10 Å². The van der Waals surface area contributed by atoms with Gasteiger partial charge in [0.15, 0.2) is 5.96 Å². The zero-order chi connectivity index (χ0) is 14.0. The number of guanidine groups is 1. The van der Waals surface area contributed by atoms with E-state index in [0.717, 1.165) is 64.8 Å². The van der Waals surface area contributed by atoms with Crippen molar-refractivity contribution in [2.75, 3.05) is 46.0 Å². The van der Waals surface area contributed by atoms with Gasteiger partial charge in [-0.2, -0.15) is 0 Å². The van der Waals surface area contributed by atoms with E-state index in [4.69, 9.17) is 9.47 Å². The molecule has 20 heavy (non-hydrogen) atoms. The molecule has 0 spiro atoms. The van der Waals surface area contributed by atoms with Crippen LogP contribution < -0.4 is 5.32 Å². The Morgan fingerprint density at radius 2 is 2.20 bits per heavy atom. The molecule has 2 heterocycles. The number of nitrogens with zero attached hydrogens (tertiary/aromatic N) is 2. The van der Waals surface area contributed by atoms with Gasteiger partial charge < -0.3 is 19.7 Å². The van der Waals surface area contributed by atoms with Crippen LogP contribution in [0, 0.1) is 0 Å². The average Bonchev–Trinajstić information content (AvgIpc) is 3.13. The van der Waals surface area contributed by atoms with Crippen molar-refractivity contribution >= 4 is 5.96 Å². The van der Waals surface area contributed by atoms with Gasteiger partial charge in [0.1, 0.15) is 0 Å². The van der Waals surface area contributed by atoms with Crippen molar-refractivity contribution < 1.29 is 9.47 Å². The summed E-state index contributed by atoms with van der Waals surface area (Å²) in [5.41, 5.74) is 0. The monoisotopic (exact) mass is 283 g/mol. The van der Waals surface area contributed by atoms with Crippen LogP contribution in [0.3, 0.4) is 0 Å². The maximum Gasteiger partial charge on any atom is 0.193 e. The third kappa shape index (κ3) is 5.29. The quantitative estimate of drug-likeness (QED) is 0.438. The average molecular weight is 283 g/mol. The van der Waals surface area contributed by atoms with E-state index in [1.807, 2.05) is 0 Å². The predicted molar refractivity (Wildman–Crippen MR) is 81.2 cm³/mol. The van der Waals surface area contributed by atoms with Crippen LogP contribution in [-0.2, 0) is 9.47 Å². The van der Waals surface area contributed by atoms with Gasteiger partial charge in [0.2, 0.25) is 0 Å². The van der Waals surface area contributed by atoms with Crippen LogP contribution >= 0.6 is 0 Å². The summed E-state index contributed by atoms with van der Waals surface area (Å²) in [4.78, 5) is 7.04. The first kappa shape index (κ1) is 15.6. The van der Waals surface area contributed by atoms with Gasteiger partial charge in [-0.25, -0.2) is 0 Å². The van der Waals surface area contributed by atoms with E-state index >= 15 is 0 Å². The topological polar surface area (TPSA) is 46.1 Å². The van der Waals surface area contributed by atoms with Crippen LogP contribution in [0.5, 0.6) is 0 Å². The fourth-order valence-corrected chi connectivity index (χ4v) is 2.70. The normalized spacial score (nSPS) is 23.6. The molecular formula is C15H29N3O2. The van der Waals surface area contributed by atoms with Crippen LogP contribution in [0.2, 0.25) is 0 Å². The van der Waals surface area contributed by atoms with Gasteiger partial charge in [0.25, 0.3) is 0 Å². The van der Waals surface area contributed by atoms with Crippen molar-refractivity contribution in [3.05, 3.63) is 0 Å². The highest BCUT2D eigenvalue weighted by atomic mass is 16.5. The van der Waals surface area contributed by atoms with Gasteiger partial charge in [-0.15, -0.1) is 0 Å². The summed E-state index contributed by atoms with van der Waals surface area (Å²) in [6.45, 7) is 8.60. The summed E-state index contributed by atoms with van der Waals surface area (Å²) >= 11 is 0. The lowest BCUT2D eigenvalue weighted by molar-refractivity contribution is 0.0170. The minimum absolute atomic E-state index is 0.334. The van der Waals surface area contributed by atoms with Crippen LogP contribution in [0.4, 0.5) is 0 Å². The predicted octanol–water partition coefficient (Wildman–Crippen LogP) is 1.63. The zero-order valence-electron chi connectivity index (χ0n) is 12.8. The van der Waals surface area contributed by atoms with Gasteiger partial charge >= 0.3 is 0 Å². The second-order valence-electron chi connectivity index (χ2n) is 5.49. The summed E-state index contributed by atoms with van der Waals surface area (Å²) in [5.74, 6) is 1.07. The second-order valence-corrected chi connectivity index (χ2v) is 5.49. The van der Waals surface area contributed by atoms with Gasteiger partial charge in [-0.1, -0.05) is 0 Å². The van der Waals surface area contributed by atoms with Gasteiger partial charge in [0.05, 0.1) is 12.7 Å². The lowest BCUT2D eigenvalue weighted by atomic mass is 10.2. The second kappa shape index (κ2) is 9.19. The van der Waals surface area contributed by atoms with Crippen LogP contribution in [0.1, 0.15) is 39.0 Å². The number of hydrogen-bond donors (Lipinski definition) is 1.